The Labute approximate surface area is 241 Å². The maximum absolute atomic E-state index is 13.9. The molecule has 222 valence electrons. The van der Waals surface area contributed by atoms with Crippen molar-refractivity contribution in [2.45, 2.75) is 63.2 Å². The number of aliphatic imine (C=N–C) groups is 1. The Morgan fingerprint density at radius 2 is 1.61 bits per heavy atom. The quantitative estimate of drug-likeness (QED) is 0.525. The summed E-state index contributed by atoms with van der Waals surface area (Å²) in [6.45, 7) is 7.80. The number of likely N-dealkylation sites (tertiary alicyclic amines) is 1. The highest BCUT2D eigenvalue weighted by Crippen LogP contribution is 2.42. The predicted molar refractivity (Wildman–Crippen MR) is 158 cm³/mol. The van der Waals surface area contributed by atoms with E-state index in [0.717, 1.165) is 66.9 Å². The summed E-state index contributed by atoms with van der Waals surface area (Å²) in [6, 6.07) is 10.7. The van der Waals surface area contributed by atoms with Gasteiger partial charge in [0, 0.05) is 62.0 Å². The van der Waals surface area contributed by atoms with Crippen molar-refractivity contribution in [2.24, 2.45) is 10.7 Å². The summed E-state index contributed by atoms with van der Waals surface area (Å²) in [6.07, 6.45) is 1.24. The third-order valence-corrected chi connectivity index (χ3v) is 8.46. The molecule has 1 unspecified atom stereocenters. The summed E-state index contributed by atoms with van der Waals surface area (Å²) < 4.78 is 41.7. The number of aromatic nitrogens is 1. The van der Waals surface area contributed by atoms with Gasteiger partial charge < -0.3 is 25.8 Å². The lowest BCUT2D eigenvalue weighted by atomic mass is 9.75. The first-order valence-electron chi connectivity index (χ1n) is 14.6. The highest BCUT2D eigenvalue weighted by molar-refractivity contribution is 5.84. The zero-order chi connectivity index (χ0) is 29.4. The summed E-state index contributed by atoms with van der Waals surface area (Å²) in [7, 11) is 4.13. The van der Waals surface area contributed by atoms with E-state index in [0.29, 0.717) is 25.9 Å². The average Bonchev–Trinajstić information content (AvgIpc) is 3.16. The van der Waals surface area contributed by atoms with Crippen LogP contribution in [0.3, 0.4) is 0 Å². The Hall–Kier alpha value is -3.11. The lowest BCUT2D eigenvalue weighted by Crippen LogP contribution is -2.61. The molecule has 4 heterocycles. The van der Waals surface area contributed by atoms with Crippen LogP contribution < -0.4 is 16.0 Å². The van der Waals surface area contributed by atoms with Crippen LogP contribution in [-0.4, -0.2) is 67.6 Å². The molecule has 1 atom stereocenters. The Morgan fingerprint density at radius 3 is 2.32 bits per heavy atom. The van der Waals surface area contributed by atoms with E-state index in [1.165, 1.54) is 18.7 Å². The third-order valence-electron chi connectivity index (χ3n) is 8.46. The van der Waals surface area contributed by atoms with Gasteiger partial charge in [-0.15, -0.1) is 0 Å². The smallest absolute Gasteiger partial charge is 0.355 e. The molecule has 0 amide bonds. The topological polar surface area (TPSA) is 73.0 Å². The fourth-order valence-electron chi connectivity index (χ4n) is 6.71. The van der Waals surface area contributed by atoms with Gasteiger partial charge in [-0.3, -0.25) is 0 Å². The summed E-state index contributed by atoms with van der Waals surface area (Å²) in [5.41, 5.74) is 9.43. The molecular weight excluding hydrogens is 527 g/mol. The molecule has 0 bridgehead atoms. The maximum Gasteiger partial charge on any atom is 0.419 e. The lowest BCUT2D eigenvalue weighted by Gasteiger charge is -2.44. The molecule has 7 nitrogen and oxygen atoms in total. The lowest BCUT2D eigenvalue weighted by molar-refractivity contribution is -0.137. The zero-order valence-corrected chi connectivity index (χ0v) is 24.6. The first-order valence-corrected chi connectivity index (χ1v) is 14.6. The minimum absolute atomic E-state index is 0.0387. The summed E-state index contributed by atoms with van der Waals surface area (Å²) in [5.74, 6) is 0.719. The van der Waals surface area contributed by atoms with Gasteiger partial charge in [-0.25, -0.2) is 9.98 Å². The van der Waals surface area contributed by atoms with Crippen LogP contribution in [0.1, 0.15) is 62.6 Å². The number of anilines is 1. The van der Waals surface area contributed by atoms with Crippen LogP contribution in [-0.2, 0) is 17.3 Å². The number of nitrogens with one attached hydrogen (secondary N) is 1. The number of likely N-dealkylation sites (N-methyl/N-ethyl adjacent to an activating group) is 1. The Balaban J connectivity index is 1.58. The molecule has 1 fully saturated rings. The first kappa shape index (κ1) is 29.4. The van der Waals surface area contributed by atoms with Crippen LogP contribution in [0.5, 0.6) is 0 Å². The molecule has 0 spiro atoms. The van der Waals surface area contributed by atoms with Crippen molar-refractivity contribution in [1.29, 1.82) is 0 Å². The van der Waals surface area contributed by atoms with E-state index >= 15 is 0 Å². The molecule has 1 aromatic heterocycles. The molecule has 41 heavy (non-hydrogen) atoms. The maximum atomic E-state index is 13.9. The van der Waals surface area contributed by atoms with Crippen LogP contribution >= 0.6 is 0 Å². The van der Waals surface area contributed by atoms with Crippen LogP contribution in [0.25, 0.3) is 0 Å². The summed E-state index contributed by atoms with van der Waals surface area (Å²) in [4.78, 5) is 15.5. The van der Waals surface area contributed by atoms with Crippen LogP contribution in [0.4, 0.5) is 19.0 Å². The first-order chi connectivity index (χ1) is 19.4. The highest BCUT2D eigenvalue weighted by Gasteiger charge is 2.44. The highest BCUT2D eigenvalue weighted by atomic mass is 19.4. The van der Waals surface area contributed by atoms with Crippen LogP contribution in [0, 0.1) is 0 Å². The molecule has 5 rings (SSSR count). The van der Waals surface area contributed by atoms with Crippen molar-refractivity contribution in [3.05, 3.63) is 70.6 Å². The summed E-state index contributed by atoms with van der Waals surface area (Å²) >= 11 is 0. The second kappa shape index (κ2) is 11.3. The molecule has 3 aliphatic rings. The molecular formula is C31H42F3N7. The van der Waals surface area contributed by atoms with Gasteiger partial charge in [-0.1, -0.05) is 38.1 Å². The fourth-order valence-corrected chi connectivity index (χ4v) is 6.71. The number of nitrogens with zero attached hydrogens (tertiary/aromatic N) is 5. The van der Waals surface area contributed by atoms with E-state index in [1.54, 1.807) is 4.90 Å². The molecule has 10 heteroatoms. The van der Waals surface area contributed by atoms with E-state index in [9.17, 15) is 13.2 Å². The largest absolute Gasteiger partial charge is 0.419 e. The number of guanidine groups is 1. The number of hydrogen-bond acceptors (Lipinski definition) is 7. The zero-order valence-electron chi connectivity index (χ0n) is 24.6. The fraction of sp³-hybridized carbons (Fsp3) is 0.548. The number of halogens is 3. The number of benzene rings is 1. The van der Waals surface area contributed by atoms with Crippen LogP contribution in [0.2, 0.25) is 0 Å². The Morgan fingerprint density at radius 1 is 0.927 bits per heavy atom. The van der Waals surface area contributed by atoms with Crippen molar-refractivity contribution in [3.8, 4) is 0 Å². The van der Waals surface area contributed by atoms with Gasteiger partial charge in [0.1, 0.15) is 11.5 Å². The molecule has 3 N–H and O–H groups in total. The van der Waals surface area contributed by atoms with E-state index in [2.05, 4.69) is 60.2 Å². The van der Waals surface area contributed by atoms with Crippen LogP contribution in [0.15, 0.2) is 58.9 Å². The molecule has 0 saturated carbocycles. The van der Waals surface area contributed by atoms with Gasteiger partial charge in [0.05, 0.1) is 5.56 Å². The molecule has 2 aromatic rings. The van der Waals surface area contributed by atoms with Gasteiger partial charge >= 0.3 is 6.18 Å². The normalized spacial score (nSPS) is 22.3. The number of nitrogens with two attached hydrogens (primary N) is 1. The number of pyridine rings is 1. The minimum atomic E-state index is -4.49. The average molecular weight is 570 g/mol. The van der Waals surface area contributed by atoms with Crippen molar-refractivity contribution in [3.63, 3.8) is 0 Å². The molecule has 1 aromatic carbocycles. The van der Waals surface area contributed by atoms with E-state index in [1.807, 2.05) is 12.1 Å². The SMILES string of the molecule is CN(C)CC(C)(C)c1ccccc1C1(N)NC(N2CCCCC2)=NC2=C1CCN(c1ncccc1C(F)(F)F)CC2. The minimum Gasteiger partial charge on any atom is -0.355 e. The Kier molecular flexibility index (Phi) is 8.09. The monoisotopic (exact) mass is 569 g/mol. The molecule has 0 radical (unpaired) electrons. The number of piperidine rings is 1. The molecule has 3 aliphatic heterocycles. The van der Waals surface area contributed by atoms with Gasteiger partial charge in [-0.05, 0) is 63.0 Å². The van der Waals surface area contributed by atoms with Gasteiger partial charge in [0.15, 0.2) is 0 Å². The van der Waals surface area contributed by atoms with Crippen molar-refractivity contribution < 1.29 is 13.2 Å². The van der Waals surface area contributed by atoms with E-state index < -0.39 is 17.4 Å². The van der Waals surface area contributed by atoms with Gasteiger partial charge in [0.25, 0.3) is 0 Å². The molecule has 0 aliphatic carbocycles. The van der Waals surface area contributed by atoms with Crippen molar-refractivity contribution >= 4 is 11.8 Å². The predicted octanol–water partition coefficient (Wildman–Crippen LogP) is 5.05. The standard InChI is InChI=1S/C31H42F3N7/c1-29(2,21-39(3)4)22-11-6-7-12-23(22)30(35)24-14-19-40(27-25(31(32,33)34)13-10-16-36-27)20-15-26(24)37-28(38-30)41-17-8-5-9-18-41/h6-7,10-13,16H,5,8-9,14-15,17-21,35H2,1-4H3,(H,37,38). The number of hydrogen-bond donors (Lipinski definition) is 2. The third kappa shape index (κ3) is 5.95. The van der Waals surface area contributed by atoms with Gasteiger partial charge in [0.2, 0.25) is 5.96 Å². The van der Waals surface area contributed by atoms with Gasteiger partial charge in [-0.2, -0.15) is 13.2 Å². The molecule has 1 saturated heterocycles. The van der Waals surface area contributed by atoms with Crippen molar-refractivity contribution in [2.75, 3.05) is 51.7 Å². The van der Waals surface area contributed by atoms with Crippen molar-refractivity contribution in [1.82, 2.24) is 20.1 Å². The van der Waals surface area contributed by atoms with E-state index in [4.69, 9.17) is 10.7 Å². The summed E-state index contributed by atoms with van der Waals surface area (Å²) in [5, 5.41) is 3.67. The van der Waals surface area contributed by atoms with E-state index in [-0.39, 0.29) is 11.2 Å². The number of alkyl halides is 3. The second-order valence-electron chi connectivity index (χ2n) is 12.4. The second-order valence-corrected chi connectivity index (χ2v) is 12.4. The Bertz CT molecular complexity index is 1310. The number of rotatable bonds is 5.